The van der Waals surface area contributed by atoms with Crippen molar-refractivity contribution in [1.29, 1.82) is 0 Å². The highest BCUT2D eigenvalue weighted by atomic mass is 15.0. The molecule has 1 heteroatoms. The molecule has 0 radical (unpaired) electrons. The van der Waals surface area contributed by atoms with Crippen molar-refractivity contribution in [2.24, 2.45) is 11.3 Å². The number of hydrogen-bond acceptors (Lipinski definition) is 1. The van der Waals surface area contributed by atoms with Crippen LogP contribution in [0.1, 0.15) is 38.8 Å². The molecule has 82 valence electrons. The van der Waals surface area contributed by atoms with E-state index in [1.807, 2.05) is 0 Å². The van der Waals surface area contributed by atoms with Crippen molar-refractivity contribution in [3.8, 4) is 0 Å². The highest BCUT2D eigenvalue weighted by molar-refractivity contribution is 5.21. The average Bonchev–Trinajstić information content (AvgIpc) is 2.67. The van der Waals surface area contributed by atoms with Crippen LogP contribution in [0.25, 0.3) is 0 Å². The molecule has 15 heavy (non-hydrogen) atoms. The normalized spacial score (nSPS) is 26.9. The molecule has 2 atom stereocenters. The first-order valence-corrected chi connectivity index (χ1v) is 5.87. The molecule has 0 bridgehead atoms. The first kappa shape index (κ1) is 10.7. The molecule has 1 aliphatic heterocycles. The Bertz CT molecular complexity index is 310. The maximum atomic E-state index is 3.63. The fraction of sp³-hybridized carbons (Fsp3) is 0.571. The highest BCUT2D eigenvalue weighted by Gasteiger charge is 2.36. The van der Waals surface area contributed by atoms with E-state index in [2.05, 4.69) is 56.4 Å². The first-order chi connectivity index (χ1) is 7.09. The Morgan fingerprint density at radius 3 is 2.40 bits per heavy atom. The van der Waals surface area contributed by atoms with Gasteiger partial charge < -0.3 is 5.32 Å². The standard InChI is InChI=1S/C14H21N/c1-14(2,3)12-9-10-15-13(12)11-7-5-4-6-8-11/h4-8,12-13,15H,9-10H2,1-3H3. The second-order valence-corrected chi connectivity index (χ2v) is 5.60. The summed E-state index contributed by atoms with van der Waals surface area (Å²) in [7, 11) is 0. The Balaban J connectivity index is 2.23. The summed E-state index contributed by atoms with van der Waals surface area (Å²) < 4.78 is 0. The molecule has 1 aromatic rings. The molecular weight excluding hydrogens is 182 g/mol. The molecule has 0 amide bonds. The van der Waals surface area contributed by atoms with E-state index in [0.29, 0.717) is 11.5 Å². The molecule has 1 N–H and O–H groups in total. The van der Waals surface area contributed by atoms with Crippen LogP contribution in [0.4, 0.5) is 0 Å². The zero-order valence-corrected chi connectivity index (χ0v) is 9.96. The maximum Gasteiger partial charge on any atom is 0.0354 e. The molecule has 1 fully saturated rings. The lowest BCUT2D eigenvalue weighted by molar-refractivity contribution is 0.218. The van der Waals surface area contributed by atoms with Gasteiger partial charge in [0.25, 0.3) is 0 Å². The largest absolute Gasteiger partial charge is 0.310 e. The molecule has 0 saturated carbocycles. The van der Waals surface area contributed by atoms with Crippen molar-refractivity contribution in [2.75, 3.05) is 6.54 Å². The minimum Gasteiger partial charge on any atom is -0.310 e. The predicted molar refractivity (Wildman–Crippen MR) is 64.7 cm³/mol. The van der Waals surface area contributed by atoms with E-state index in [0.717, 1.165) is 12.5 Å². The molecule has 0 aromatic heterocycles. The Kier molecular flexibility index (Phi) is 2.83. The zero-order chi connectivity index (χ0) is 10.9. The van der Waals surface area contributed by atoms with E-state index in [-0.39, 0.29) is 0 Å². The molecule has 0 aliphatic carbocycles. The average molecular weight is 203 g/mol. The van der Waals surface area contributed by atoms with Crippen LogP contribution in [0.2, 0.25) is 0 Å². The summed E-state index contributed by atoms with van der Waals surface area (Å²) in [5.74, 6) is 0.750. The predicted octanol–water partition coefficient (Wildman–Crippen LogP) is 3.38. The molecule has 2 rings (SSSR count). The van der Waals surface area contributed by atoms with Crippen LogP contribution >= 0.6 is 0 Å². The van der Waals surface area contributed by atoms with Gasteiger partial charge in [-0.1, -0.05) is 51.1 Å². The van der Waals surface area contributed by atoms with Gasteiger partial charge in [-0.15, -0.1) is 0 Å². The van der Waals surface area contributed by atoms with E-state index >= 15 is 0 Å². The minimum atomic E-state index is 0.393. The topological polar surface area (TPSA) is 12.0 Å². The number of hydrogen-bond donors (Lipinski definition) is 1. The molecule has 2 unspecified atom stereocenters. The third-order valence-corrected chi connectivity index (χ3v) is 3.49. The van der Waals surface area contributed by atoms with Gasteiger partial charge in [-0.2, -0.15) is 0 Å². The van der Waals surface area contributed by atoms with Gasteiger partial charge in [-0.3, -0.25) is 0 Å². The quantitative estimate of drug-likeness (QED) is 0.737. The summed E-state index contributed by atoms with van der Waals surface area (Å²) in [5, 5.41) is 3.63. The lowest BCUT2D eigenvalue weighted by atomic mass is 9.74. The molecule has 1 heterocycles. The van der Waals surface area contributed by atoms with Gasteiger partial charge >= 0.3 is 0 Å². The van der Waals surface area contributed by atoms with Crippen molar-refractivity contribution in [1.82, 2.24) is 5.32 Å². The summed E-state index contributed by atoms with van der Waals surface area (Å²) in [5.41, 5.74) is 1.83. The van der Waals surface area contributed by atoms with Gasteiger partial charge in [0.1, 0.15) is 0 Å². The van der Waals surface area contributed by atoms with Crippen LogP contribution in [0.5, 0.6) is 0 Å². The van der Waals surface area contributed by atoms with Crippen molar-refractivity contribution >= 4 is 0 Å². The van der Waals surface area contributed by atoms with Crippen LogP contribution in [-0.2, 0) is 0 Å². The Morgan fingerprint density at radius 1 is 1.13 bits per heavy atom. The van der Waals surface area contributed by atoms with E-state index in [1.165, 1.54) is 12.0 Å². The van der Waals surface area contributed by atoms with Gasteiger partial charge in [0.2, 0.25) is 0 Å². The molecule has 1 nitrogen and oxygen atoms in total. The Hall–Kier alpha value is -0.820. The third-order valence-electron chi connectivity index (χ3n) is 3.49. The van der Waals surface area contributed by atoms with Gasteiger partial charge in [0.15, 0.2) is 0 Å². The summed E-state index contributed by atoms with van der Waals surface area (Å²) in [6.07, 6.45) is 1.29. The number of nitrogens with one attached hydrogen (secondary N) is 1. The Morgan fingerprint density at radius 2 is 1.80 bits per heavy atom. The maximum absolute atomic E-state index is 3.63. The van der Waals surface area contributed by atoms with Gasteiger partial charge in [-0.25, -0.2) is 0 Å². The Labute approximate surface area is 92.9 Å². The van der Waals surface area contributed by atoms with Crippen LogP contribution in [0, 0.1) is 11.3 Å². The van der Waals surface area contributed by atoms with Crippen LogP contribution < -0.4 is 5.32 Å². The van der Waals surface area contributed by atoms with Crippen LogP contribution in [0.15, 0.2) is 30.3 Å². The molecular formula is C14H21N. The minimum absolute atomic E-state index is 0.393. The number of benzene rings is 1. The first-order valence-electron chi connectivity index (χ1n) is 5.87. The van der Waals surface area contributed by atoms with E-state index in [4.69, 9.17) is 0 Å². The smallest absolute Gasteiger partial charge is 0.0354 e. The molecule has 1 aliphatic rings. The van der Waals surface area contributed by atoms with Gasteiger partial charge in [-0.05, 0) is 29.9 Å². The van der Waals surface area contributed by atoms with Crippen molar-refractivity contribution in [3.63, 3.8) is 0 Å². The van der Waals surface area contributed by atoms with Crippen molar-refractivity contribution < 1.29 is 0 Å². The second kappa shape index (κ2) is 3.97. The van der Waals surface area contributed by atoms with Gasteiger partial charge in [0, 0.05) is 6.04 Å². The monoisotopic (exact) mass is 203 g/mol. The zero-order valence-electron chi connectivity index (χ0n) is 9.96. The van der Waals surface area contributed by atoms with E-state index < -0.39 is 0 Å². The van der Waals surface area contributed by atoms with Crippen LogP contribution in [0.3, 0.4) is 0 Å². The lowest BCUT2D eigenvalue weighted by Crippen LogP contribution is -2.27. The van der Waals surface area contributed by atoms with Crippen molar-refractivity contribution in [3.05, 3.63) is 35.9 Å². The summed E-state index contributed by atoms with van der Waals surface area (Å²) in [6.45, 7) is 8.20. The summed E-state index contributed by atoms with van der Waals surface area (Å²) in [6, 6.07) is 11.4. The fourth-order valence-electron chi connectivity index (χ4n) is 2.65. The van der Waals surface area contributed by atoms with E-state index in [9.17, 15) is 0 Å². The van der Waals surface area contributed by atoms with E-state index in [1.54, 1.807) is 0 Å². The second-order valence-electron chi connectivity index (χ2n) is 5.60. The molecule has 0 spiro atoms. The lowest BCUT2D eigenvalue weighted by Gasteiger charge is -2.32. The van der Waals surface area contributed by atoms with Crippen molar-refractivity contribution in [2.45, 2.75) is 33.2 Å². The van der Waals surface area contributed by atoms with Gasteiger partial charge in [0.05, 0.1) is 0 Å². The number of rotatable bonds is 1. The fourth-order valence-corrected chi connectivity index (χ4v) is 2.65. The summed E-state index contributed by atoms with van der Waals surface area (Å²) >= 11 is 0. The summed E-state index contributed by atoms with van der Waals surface area (Å²) in [4.78, 5) is 0. The molecule has 1 saturated heterocycles. The SMILES string of the molecule is CC(C)(C)C1CCNC1c1ccccc1. The third kappa shape index (κ3) is 2.23. The highest BCUT2D eigenvalue weighted by Crippen LogP contribution is 2.41. The molecule has 1 aromatic carbocycles. The van der Waals surface area contributed by atoms with Crippen LogP contribution in [-0.4, -0.2) is 6.54 Å².